The Morgan fingerprint density at radius 3 is 2.23 bits per heavy atom. The monoisotopic (exact) mass is 292 g/mol. The number of hydrogen-bond donors (Lipinski definition) is 1. The molecule has 0 aliphatic heterocycles. The summed E-state index contributed by atoms with van der Waals surface area (Å²) in [5.74, 6) is -0.383. The number of aliphatic hydroxyl groups is 1. The number of fused-ring (bicyclic) bond motifs is 1. The SMILES string of the molecule is COC(=O)c1ccc([C@H](O)c2ccc3ccccc3c2)cc1. The molecule has 110 valence electrons. The van der Waals surface area contributed by atoms with Crippen molar-refractivity contribution >= 4 is 16.7 Å². The van der Waals surface area contributed by atoms with Crippen molar-refractivity contribution in [3.05, 3.63) is 83.4 Å². The summed E-state index contributed by atoms with van der Waals surface area (Å²) in [5, 5.41) is 12.7. The number of aliphatic hydroxyl groups excluding tert-OH is 1. The maximum Gasteiger partial charge on any atom is 0.337 e. The van der Waals surface area contributed by atoms with Crippen LogP contribution in [0.2, 0.25) is 0 Å². The molecule has 3 rings (SSSR count). The lowest BCUT2D eigenvalue weighted by atomic mass is 9.98. The normalized spacial score (nSPS) is 12.1. The topological polar surface area (TPSA) is 46.5 Å². The van der Waals surface area contributed by atoms with Crippen LogP contribution >= 0.6 is 0 Å². The van der Waals surface area contributed by atoms with E-state index in [2.05, 4.69) is 4.74 Å². The lowest BCUT2D eigenvalue weighted by Gasteiger charge is -2.13. The molecule has 3 aromatic rings. The summed E-state index contributed by atoms with van der Waals surface area (Å²) in [6.07, 6.45) is -0.726. The average Bonchev–Trinajstić information content (AvgIpc) is 2.60. The number of carbonyl (C=O) groups is 1. The summed E-state index contributed by atoms with van der Waals surface area (Å²) >= 11 is 0. The minimum Gasteiger partial charge on any atom is -0.465 e. The van der Waals surface area contributed by atoms with E-state index in [9.17, 15) is 9.90 Å². The van der Waals surface area contributed by atoms with E-state index < -0.39 is 6.10 Å². The molecule has 0 amide bonds. The maximum atomic E-state index is 11.4. The Balaban J connectivity index is 1.91. The Labute approximate surface area is 128 Å². The third kappa shape index (κ3) is 2.71. The minimum atomic E-state index is -0.726. The Morgan fingerprint density at radius 2 is 1.55 bits per heavy atom. The lowest BCUT2D eigenvalue weighted by molar-refractivity contribution is 0.0600. The first kappa shape index (κ1) is 14.3. The summed E-state index contributed by atoms with van der Waals surface area (Å²) in [6.45, 7) is 0. The fraction of sp³-hybridized carbons (Fsp3) is 0.105. The van der Waals surface area contributed by atoms with E-state index in [0.717, 1.165) is 21.9 Å². The highest BCUT2D eigenvalue weighted by Crippen LogP contribution is 2.25. The fourth-order valence-electron chi connectivity index (χ4n) is 2.49. The van der Waals surface area contributed by atoms with Crippen LogP contribution in [0.1, 0.15) is 27.6 Å². The molecular weight excluding hydrogens is 276 g/mol. The molecular formula is C19H16O3. The molecule has 0 bridgehead atoms. The Bertz CT molecular complexity index is 806. The Morgan fingerprint density at radius 1 is 0.909 bits per heavy atom. The predicted molar refractivity (Wildman–Crippen MR) is 85.8 cm³/mol. The fourth-order valence-corrected chi connectivity index (χ4v) is 2.49. The molecule has 3 aromatic carbocycles. The van der Waals surface area contributed by atoms with Gasteiger partial charge in [0.15, 0.2) is 0 Å². The Hall–Kier alpha value is -2.65. The van der Waals surface area contributed by atoms with Crippen molar-refractivity contribution in [1.29, 1.82) is 0 Å². The van der Waals surface area contributed by atoms with E-state index in [0.29, 0.717) is 5.56 Å². The van der Waals surface area contributed by atoms with Gasteiger partial charge in [0.2, 0.25) is 0 Å². The number of hydrogen-bond acceptors (Lipinski definition) is 3. The summed E-state index contributed by atoms with van der Waals surface area (Å²) in [4.78, 5) is 11.4. The average molecular weight is 292 g/mol. The number of ether oxygens (including phenoxy) is 1. The first-order valence-corrected chi connectivity index (χ1v) is 7.04. The number of rotatable bonds is 3. The van der Waals surface area contributed by atoms with Gasteiger partial charge in [0, 0.05) is 0 Å². The van der Waals surface area contributed by atoms with Gasteiger partial charge in [-0.15, -0.1) is 0 Å². The van der Waals surface area contributed by atoms with Crippen molar-refractivity contribution in [2.45, 2.75) is 6.10 Å². The van der Waals surface area contributed by atoms with Gasteiger partial charge in [-0.2, -0.15) is 0 Å². The van der Waals surface area contributed by atoms with E-state index in [-0.39, 0.29) is 5.97 Å². The molecule has 0 unspecified atom stereocenters. The van der Waals surface area contributed by atoms with Crippen molar-refractivity contribution in [3.8, 4) is 0 Å². The van der Waals surface area contributed by atoms with E-state index in [1.165, 1.54) is 7.11 Å². The number of benzene rings is 3. The second kappa shape index (κ2) is 6.00. The predicted octanol–water partition coefficient (Wildman–Crippen LogP) is 3.71. The Kier molecular flexibility index (Phi) is 3.90. The molecule has 0 saturated heterocycles. The largest absolute Gasteiger partial charge is 0.465 e. The summed E-state index contributed by atoms with van der Waals surface area (Å²) in [5.41, 5.74) is 2.03. The van der Waals surface area contributed by atoms with Gasteiger partial charge in [0.05, 0.1) is 12.7 Å². The van der Waals surface area contributed by atoms with Crippen LogP contribution in [0.15, 0.2) is 66.7 Å². The molecule has 0 saturated carbocycles. The molecule has 3 nitrogen and oxygen atoms in total. The zero-order valence-electron chi connectivity index (χ0n) is 12.2. The van der Waals surface area contributed by atoms with Crippen LogP contribution in [-0.2, 0) is 4.74 Å². The van der Waals surface area contributed by atoms with Crippen LogP contribution in [0.3, 0.4) is 0 Å². The molecule has 22 heavy (non-hydrogen) atoms. The molecule has 0 aromatic heterocycles. The van der Waals surface area contributed by atoms with Gasteiger partial charge in [0.25, 0.3) is 0 Å². The van der Waals surface area contributed by atoms with Crippen LogP contribution in [0.4, 0.5) is 0 Å². The van der Waals surface area contributed by atoms with Crippen molar-refractivity contribution in [3.63, 3.8) is 0 Å². The first-order valence-electron chi connectivity index (χ1n) is 7.04. The zero-order valence-corrected chi connectivity index (χ0v) is 12.2. The molecule has 0 aliphatic carbocycles. The smallest absolute Gasteiger partial charge is 0.337 e. The van der Waals surface area contributed by atoms with Gasteiger partial charge in [-0.05, 0) is 40.1 Å². The molecule has 0 heterocycles. The van der Waals surface area contributed by atoms with Crippen LogP contribution in [0.25, 0.3) is 10.8 Å². The van der Waals surface area contributed by atoms with Crippen LogP contribution in [0, 0.1) is 0 Å². The molecule has 3 heteroatoms. The highest BCUT2D eigenvalue weighted by molar-refractivity contribution is 5.89. The molecule has 0 fully saturated rings. The van der Waals surface area contributed by atoms with E-state index in [1.54, 1.807) is 24.3 Å². The number of carbonyl (C=O) groups excluding carboxylic acids is 1. The third-order valence-electron chi connectivity index (χ3n) is 3.74. The van der Waals surface area contributed by atoms with Crippen molar-refractivity contribution in [2.24, 2.45) is 0 Å². The van der Waals surface area contributed by atoms with Gasteiger partial charge in [-0.1, -0.05) is 48.5 Å². The van der Waals surface area contributed by atoms with E-state index in [4.69, 9.17) is 0 Å². The van der Waals surface area contributed by atoms with Crippen LogP contribution in [0.5, 0.6) is 0 Å². The number of esters is 1. The third-order valence-corrected chi connectivity index (χ3v) is 3.74. The summed E-state index contributed by atoms with van der Waals surface area (Å²) in [7, 11) is 1.35. The molecule has 1 N–H and O–H groups in total. The van der Waals surface area contributed by atoms with Crippen LogP contribution in [-0.4, -0.2) is 18.2 Å². The second-order valence-corrected chi connectivity index (χ2v) is 5.12. The second-order valence-electron chi connectivity index (χ2n) is 5.12. The van der Waals surface area contributed by atoms with Crippen LogP contribution < -0.4 is 0 Å². The maximum absolute atomic E-state index is 11.4. The van der Waals surface area contributed by atoms with E-state index in [1.807, 2.05) is 42.5 Å². The van der Waals surface area contributed by atoms with Gasteiger partial charge < -0.3 is 9.84 Å². The first-order chi connectivity index (χ1) is 10.7. The lowest BCUT2D eigenvalue weighted by Crippen LogP contribution is -2.03. The van der Waals surface area contributed by atoms with Crippen molar-refractivity contribution in [2.75, 3.05) is 7.11 Å². The number of methoxy groups -OCH3 is 1. The summed E-state index contributed by atoms with van der Waals surface area (Å²) in [6, 6.07) is 20.7. The summed E-state index contributed by atoms with van der Waals surface area (Å²) < 4.78 is 4.67. The van der Waals surface area contributed by atoms with Gasteiger partial charge in [-0.3, -0.25) is 0 Å². The molecule has 0 spiro atoms. The highest BCUT2D eigenvalue weighted by atomic mass is 16.5. The molecule has 0 aliphatic rings. The van der Waals surface area contributed by atoms with Gasteiger partial charge in [-0.25, -0.2) is 4.79 Å². The van der Waals surface area contributed by atoms with Crippen molar-refractivity contribution < 1.29 is 14.6 Å². The molecule has 0 radical (unpaired) electrons. The van der Waals surface area contributed by atoms with E-state index >= 15 is 0 Å². The van der Waals surface area contributed by atoms with Crippen molar-refractivity contribution in [1.82, 2.24) is 0 Å². The van der Waals surface area contributed by atoms with Gasteiger partial charge >= 0.3 is 5.97 Å². The standard InChI is InChI=1S/C19H16O3/c1-22-19(21)15-9-7-14(8-10-15)18(20)17-11-6-13-4-2-3-5-16(13)12-17/h2-12,18,20H,1H3/t18-/m0/s1. The molecule has 1 atom stereocenters. The highest BCUT2D eigenvalue weighted by Gasteiger charge is 2.12. The van der Waals surface area contributed by atoms with Gasteiger partial charge in [0.1, 0.15) is 6.10 Å². The minimum absolute atomic E-state index is 0.383. The quantitative estimate of drug-likeness (QED) is 0.749. The zero-order chi connectivity index (χ0) is 15.5.